The lowest BCUT2D eigenvalue weighted by molar-refractivity contribution is -0.133. The van der Waals surface area contributed by atoms with E-state index >= 15 is 0 Å². The van der Waals surface area contributed by atoms with Gasteiger partial charge in [-0.1, -0.05) is 25.1 Å². The van der Waals surface area contributed by atoms with Gasteiger partial charge in [-0.05, 0) is 42.7 Å². The molecule has 0 saturated carbocycles. The maximum Gasteiger partial charge on any atom is 0.260 e. The second kappa shape index (κ2) is 8.98. The number of imidazole rings is 1. The monoisotopic (exact) mass is 406 g/mol. The first-order chi connectivity index (χ1) is 14.7. The molecule has 1 N–H and O–H groups in total. The number of para-hydroxylation sites is 1. The summed E-state index contributed by atoms with van der Waals surface area (Å²) >= 11 is 0. The molecule has 2 amide bonds. The van der Waals surface area contributed by atoms with Crippen molar-refractivity contribution in [3.8, 4) is 5.75 Å². The average molecular weight is 406 g/mol. The zero-order valence-corrected chi connectivity index (χ0v) is 17.1. The van der Waals surface area contributed by atoms with Crippen LogP contribution in [0.1, 0.15) is 29.3 Å². The van der Waals surface area contributed by atoms with Crippen LogP contribution in [-0.4, -0.2) is 64.4 Å². The highest BCUT2D eigenvalue weighted by molar-refractivity contribution is 5.97. The molecule has 3 aromatic rings. The molecule has 0 unspecified atom stereocenters. The molecule has 1 aliphatic rings. The van der Waals surface area contributed by atoms with E-state index in [1.807, 2.05) is 41.3 Å². The molecule has 7 heteroatoms. The van der Waals surface area contributed by atoms with Gasteiger partial charge < -0.3 is 19.5 Å². The van der Waals surface area contributed by atoms with Crippen molar-refractivity contribution < 1.29 is 14.3 Å². The summed E-state index contributed by atoms with van der Waals surface area (Å²) in [5.74, 6) is 0.692. The summed E-state index contributed by atoms with van der Waals surface area (Å²) in [5, 5.41) is 0. The quantitative estimate of drug-likeness (QED) is 0.707. The third kappa shape index (κ3) is 4.30. The van der Waals surface area contributed by atoms with Crippen molar-refractivity contribution >= 4 is 22.8 Å². The van der Waals surface area contributed by atoms with E-state index in [9.17, 15) is 9.59 Å². The molecule has 7 nitrogen and oxygen atoms in total. The van der Waals surface area contributed by atoms with Crippen LogP contribution in [0.4, 0.5) is 0 Å². The highest BCUT2D eigenvalue weighted by Gasteiger charge is 2.23. The average Bonchev–Trinajstić information content (AvgIpc) is 3.11. The van der Waals surface area contributed by atoms with E-state index in [2.05, 4.69) is 16.9 Å². The smallest absolute Gasteiger partial charge is 0.260 e. The van der Waals surface area contributed by atoms with Crippen molar-refractivity contribution in [2.75, 3.05) is 32.8 Å². The Labute approximate surface area is 175 Å². The molecule has 2 heterocycles. The Balaban J connectivity index is 1.35. The van der Waals surface area contributed by atoms with Crippen molar-refractivity contribution in [1.82, 2.24) is 19.8 Å². The van der Waals surface area contributed by atoms with Gasteiger partial charge in [0.1, 0.15) is 5.75 Å². The standard InChI is InChI=1S/C23H26N4O3/c1-2-17-6-3-4-7-21(17)30-15-22(28)26-10-5-11-27(13-12-26)23(29)18-8-9-19-20(14-18)25-16-24-19/h3-4,6-9,14,16H,2,5,10-13,15H2,1H3,(H,24,25). The predicted octanol–water partition coefficient (Wildman–Crippen LogP) is 2.88. The zero-order valence-electron chi connectivity index (χ0n) is 17.1. The molecule has 0 bridgehead atoms. The number of carbonyl (C=O) groups excluding carboxylic acids is 2. The summed E-state index contributed by atoms with van der Waals surface area (Å²) in [6.07, 6.45) is 3.22. The van der Waals surface area contributed by atoms with E-state index < -0.39 is 0 Å². The lowest BCUT2D eigenvalue weighted by atomic mass is 10.1. The maximum absolute atomic E-state index is 12.9. The van der Waals surface area contributed by atoms with Crippen LogP contribution in [0.15, 0.2) is 48.8 Å². The molecule has 1 fully saturated rings. The van der Waals surface area contributed by atoms with E-state index in [4.69, 9.17) is 4.74 Å². The minimum atomic E-state index is -0.0471. The fourth-order valence-electron chi connectivity index (χ4n) is 3.79. The second-order valence-corrected chi connectivity index (χ2v) is 7.41. The Bertz CT molecular complexity index is 1050. The molecule has 1 aromatic heterocycles. The van der Waals surface area contributed by atoms with Crippen LogP contribution >= 0.6 is 0 Å². The fraction of sp³-hybridized carbons (Fsp3) is 0.348. The van der Waals surface area contributed by atoms with Gasteiger partial charge in [-0.3, -0.25) is 9.59 Å². The summed E-state index contributed by atoms with van der Waals surface area (Å²) in [7, 11) is 0. The molecule has 156 valence electrons. The molecule has 4 rings (SSSR count). The van der Waals surface area contributed by atoms with Crippen LogP contribution in [0.25, 0.3) is 11.0 Å². The van der Waals surface area contributed by atoms with Gasteiger partial charge in [0.25, 0.3) is 11.8 Å². The van der Waals surface area contributed by atoms with Gasteiger partial charge in [-0.2, -0.15) is 0 Å². The highest BCUT2D eigenvalue weighted by atomic mass is 16.5. The van der Waals surface area contributed by atoms with Gasteiger partial charge in [0.2, 0.25) is 0 Å². The number of aryl methyl sites for hydroxylation is 1. The lowest BCUT2D eigenvalue weighted by Gasteiger charge is -2.22. The Morgan fingerprint density at radius 2 is 1.87 bits per heavy atom. The number of nitrogens with zero attached hydrogens (tertiary/aromatic N) is 3. The Kier molecular flexibility index (Phi) is 5.97. The largest absolute Gasteiger partial charge is 0.483 e. The fourth-order valence-corrected chi connectivity index (χ4v) is 3.79. The first kappa shape index (κ1) is 19.9. The van der Waals surface area contributed by atoms with E-state index in [0.717, 1.165) is 35.2 Å². The van der Waals surface area contributed by atoms with Crippen LogP contribution in [0.3, 0.4) is 0 Å². The normalized spacial score (nSPS) is 14.6. The number of hydrogen-bond donors (Lipinski definition) is 1. The number of H-pyrrole nitrogens is 1. The number of rotatable bonds is 5. The van der Waals surface area contributed by atoms with Gasteiger partial charge in [-0.15, -0.1) is 0 Å². The van der Waals surface area contributed by atoms with Gasteiger partial charge in [0.05, 0.1) is 17.4 Å². The highest BCUT2D eigenvalue weighted by Crippen LogP contribution is 2.19. The number of aromatic nitrogens is 2. The van der Waals surface area contributed by atoms with E-state index in [-0.39, 0.29) is 18.4 Å². The van der Waals surface area contributed by atoms with Gasteiger partial charge in [0, 0.05) is 31.7 Å². The number of carbonyl (C=O) groups is 2. The van der Waals surface area contributed by atoms with Crippen LogP contribution in [0, 0.1) is 0 Å². The van der Waals surface area contributed by atoms with Crippen molar-refractivity contribution in [3.63, 3.8) is 0 Å². The number of ether oxygens (including phenoxy) is 1. The summed E-state index contributed by atoms with van der Waals surface area (Å²) in [4.78, 5) is 36.5. The summed E-state index contributed by atoms with van der Waals surface area (Å²) in [6.45, 7) is 4.35. The summed E-state index contributed by atoms with van der Waals surface area (Å²) in [6, 6.07) is 13.3. The molecule has 1 saturated heterocycles. The summed E-state index contributed by atoms with van der Waals surface area (Å²) in [5.41, 5.74) is 3.40. The van der Waals surface area contributed by atoms with Gasteiger partial charge in [-0.25, -0.2) is 4.98 Å². The van der Waals surface area contributed by atoms with Crippen molar-refractivity contribution in [2.24, 2.45) is 0 Å². The predicted molar refractivity (Wildman–Crippen MR) is 115 cm³/mol. The number of benzene rings is 2. The lowest BCUT2D eigenvalue weighted by Crippen LogP contribution is -2.39. The maximum atomic E-state index is 12.9. The zero-order chi connectivity index (χ0) is 20.9. The number of hydrogen-bond acceptors (Lipinski definition) is 4. The minimum absolute atomic E-state index is 0.0153. The van der Waals surface area contributed by atoms with Crippen molar-refractivity contribution in [2.45, 2.75) is 19.8 Å². The summed E-state index contributed by atoms with van der Waals surface area (Å²) < 4.78 is 5.78. The van der Waals surface area contributed by atoms with Crippen LogP contribution in [-0.2, 0) is 11.2 Å². The van der Waals surface area contributed by atoms with E-state index in [0.29, 0.717) is 31.7 Å². The molecule has 0 aliphatic carbocycles. The van der Waals surface area contributed by atoms with Crippen LogP contribution < -0.4 is 4.74 Å². The van der Waals surface area contributed by atoms with Crippen LogP contribution in [0.5, 0.6) is 5.75 Å². The Morgan fingerprint density at radius 3 is 2.73 bits per heavy atom. The Hall–Kier alpha value is -3.35. The van der Waals surface area contributed by atoms with Crippen molar-refractivity contribution in [1.29, 1.82) is 0 Å². The molecule has 30 heavy (non-hydrogen) atoms. The minimum Gasteiger partial charge on any atom is -0.483 e. The number of fused-ring (bicyclic) bond motifs is 1. The molecule has 2 aromatic carbocycles. The number of aromatic amines is 1. The van der Waals surface area contributed by atoms with Gasteiger partial charge >= 0.3 is 0 Å². The van der Waals surface area contributed by atoms with Gasteiger partial charge in [0.15, 0.2) is 6.61 Å². The number of amides is 2. The molecule has 0 radical (unpaired) electrons. The SMILES string of the molecule is CCc1ccccc1OCC(=O)N1CCCN(C(=O)c2ccc3nc[nH]c3c2)CC1. The van der Waals surface area contributed by atoms with E-state index in [1.165, 1.54) is 0 Å². The molecular weight excluding hydrogens is 380 g/mol. The number of nitrogens with one attached hydrogen (secondary N) is 1. The first-order valence-electron chi connectivity index (χ1n) is 10.4. The third-order valence-electron chi connectivity index (χ3n) is 5.51. The van der Waals surface area contributed by atoms with Crippen LogP contribution in [0.2, 0.25) is 0 Å². The second-order valence-electron chi connectivity index (χ2n) is 7.41. The topological polar surface area (TPSA) is 78.5 Å². The molecular formula is C23H26N4O3. The van der Waals surface area contributed by atoms with E-state index in [1.54, 1.807) is 17.3 Å². The Morgan fingerprint density at radius 1 is 1.07 bits per heavy atom. The molecule has 0 spiro atoms. The third-order valence-corrected chi connectivity index (χ3v) is 5.51. The molecule has 0 atom stereocenters. The molecule has 1 aliphatic heterocycles. The van der Waals surface area contributed by atoms with Crippen molar-refractivity contribution in [3.05, 3.63) is 59.9 Å². The first-order valence-corrected chi connectivity index (χ1v) is 10.4.